The van der Waals surface area contributed by atoms with Crippen molar-refractivity contribution in [2.45, 2.75) is 11.8 Å². The minimum absolute atomic E-state index is 0.0886. The Morgan fingerprint density at radius 2 is 1.59 bits per heavy atom. The summed E-state index contributed by atoms with van der Waals surface area (Å²) in [5, 5.41) is 1.91. The average Bonchev–Trinajstić information content (AvgIpc) is 2.71. The fourth-order valence-electron chi connectivity index (χ4n) is 2.79. The van der Waals surface area contributed by atoms with Gasteiger partial charge in [0.2, 0.25) is 10.0 Å². The first kappa shape index (κ1) is 20.7. The van der Waals surface area contributed by atoms with Crippen LogP contribution in [-0.2, 0) is 19.6 Å². The average molecular weight is 411 g/mol. The van der Waals surface area contributed by atoms with Gasteiger partial charge in [0.25, 0.3) is 0 Å². The number of likely N-dealkylation sites (N-methyl/N-ethyl adjacent to an activating group) is 1. The van der Waals surface area contributed by atoms with Crippen molar-refractivity contribution in [2.24, 2.45) is 0 Å². The Morgan fingerprint density at radius 1 is 0.931 bits per heavy atom. The van der Waals surface area contributed by atoms with E-state index in [2.05, 4.69) is 0 Å². The van der Waals surface area contributed by atoms with Gasteiger partial charge in [-0.25, -0.2) is 8.42 Å². The lowest BCUT2D eigenvalue weighted by Crippen LogP contribution is -2.33. The smallest absolute Gasteiger partial charge is 0.321 e. The van der Waals surface area contributed by atoms with Crippen LogP contribution >= 0.6 is 0 Å². The Hall–Kier alpha value is -3.03. The Labute approximate surface area is 169 Å². The number of carbonyl (C=O) groups excluding carboxylic acids is 2. The van der Waals surface area contributed by atoms with Crippen LogP contribution in [0, 0.1) is 6.92 Å². The van der Waals surface area contributed by atoms with E-state index in [1.807, 2.05) is 37.3 Å². The van der Waals surface area contributed by atoms with Crippen LogP contribution in [0.15, 0.2) is 71.6 Å². The van der Waals surface area contributed by atoms with Gasteiger partial charge in [-0.2, -0.15) is 4.31 Å². The van der Waals surface area contributed by atoms with Crippen molar-refractivity contribution >= 4 is 32.5 Å². The first-order valence-corrected chi connectivity index (χ1v) is 10.4. The first-order valence-electron chi connectivity index (χ1n) is 8.98. The van der Waals surface area contributed by atoms with Crippen molar-refractivity contribution < 1.29 is 22.7 Å². The third-order valence-corrected chi connectivity index (χ3v) is 6.33. The van der Waals surface area contributed by atoms with Gasteiger partial charge in [-0.3, -0.25) is 9.59 Å². The predicted octanol–water partition coefficient (Wildman–Crippen LogP) is 3.19. The molecule has 3 rings (SSSR count). The molecule has 3 aromatic carbocycles. The lowest BCUT2D eigenvalue weighted by Gasteiger charge is -2.16. The Bertz CT molecular complexity index is 1150. The zero-order chi connectivity index (χ0) is 21.0. The molecule has 150 valence electrons. The maximum Gasteiger partial charge on any atom is 0.321 e. The Balaban J connectivity index is 1.59. The van der Waals surface area contributed by atoms with E-state index in [1.165, 1.54) is 19.2 Å². The molecule has 0 N–H and O–H groups in total. The van der Waals surface area contributed by atoms with Crippen LogP contribution in [0.4, 0.5) is 0 Å². The zero-order valence-electron chi connectivity index (χ0n) is 16.2. The van der Waals surface area contributed by atoms with Gasteiger partial charge in [0.05, 0.1) is 4.90 Å². The molecule has 0 atom stereocenters. The fourth-order valence-corrected chi connectivity index (χ4v) is 3.91. The van der Waals surface area contributed by atoms with Gasteiger partial charge >= 0.3 is 5.97 Å². The number of Topliss-reactive ketones (excluding diaryl/α,β-unsaturated/α-hetero) is 1. The quantitative estimate of drug-likeness (QED) is 0.441. The van der Waals surface area contributed by atoms with E-state index < -0.39 is 29.1 Å². The van der Waals surface area contributed by atoms with Crippen molar-refractivity contribution in [2.75, 3.05) is 20.2 Å². The van der Waals surface area contributed by atoms with Gasteiger partial charge in [-0.1, -0.05) is 54.1 Å². The molecule has 29 heavy (non-hydrogen) atoms. The highest BCUT2D eigenvalue weighted by atomic mass is 32.2. The number of rotatable bonds is 7. The number of aryl methyl sites for hydroxylation is 1. The van der Waals surface area contributed by atoms with Crippen LogP contribution in [0.5, 0.6) is 0 Å². The second-order valence-electron chi connectivity index (χ2n) is 6.72. The summed E-state index contributed by atoms with van der Waals surface area (Å²) in [4.78, 5) is 24.5. The first-order chi connectivity index (χ1) is 13.8. The number of ether oxygens (including phenoxy) is 1. The van der Waals surface area contributed by atoms with Gasteiger partial charge in [0.1, 0.15) is 6.54 Å². The van der Waals surface area contributed by atoms with Gasteiger partial charge < -0.3 is 4.74 Å². The van der Waals surface area contributed by atoms with E-state index in [9.17, 15) is 18.0 Å². The monoisotopic (exact) mass is 411 g/mol. The molecular weight excluding hydrogens is 390 g/mol. The Morgan fingerprint density at radius 3 is 2.28 bits per heavy atom. The largest absolute Gasteiger partial charge is 0.456 e. The third-order valence-electron chi connectivity index (χ3n) is 4.52. The van der Waals surface area contributed by atoms with Crippen LogP contribution in [0.25, 0.3) is 10.8 Å². The van der Waals surface area contributed by atoms with E-state index in [0.717, 1.165) is 20.6 Å². The molecule has 0 aliphatic carbocycles. The van der Waals surface area contributed by atoms with E-state index in [1.54, 1.807) is 24.3 Å². The molecule has 0 aliphatic rings. The van der Waals surface area contributed by atoms with Crippen molar-refractivity contribution in [3.05, 3.63) is 77.9 Å². The molecule has 0 heterocycles. The van der Waals surface area contributed by atoms with Crippen molar-refractivity contribution in [1.29, 1.82) is 0 Å². The molecule has 0 aliphatic heterocycles. The highest BCUT2D eigenvalue weighted by Gasteiger charge is 2.23. The van der Waals surface area contributed by atoms with E-state index >= 15 is 0 Å². The molecule has 0 bridgehead atoms. The molecule has 0 spiro atoms. The molecule has 3 aromatic rings. The topological polar surface area (TPSA) is 80.8 Å². The van der Waals surface area contributed by atoms with E-state index in [0.29, 0.717) is 5.56 Å². The van der Waals surface area contributed by atoms with Crippen LogP contribution in [0.2, 0.25) is 0 Å². The second-order valence-corrected chi connectivity index (χ2v) is 8.76. The third kappa shape index (κ3) is 4.88. The molecule has 0 saturated heterocycles. The number of carbonyl (C=O) groups is 2. The summed E-state index contributed by atoms with van der Waals surface area (Å²) in [5.74, 6) is -1.15. The zero-order valence-corrected chi connectivity index (χ0v) is 17.0. The second kappa shape index (κ2) is 8.55. The molecule has 7 heteroatoms. The van der Waals surface area contributed by atoms with E-state index in [4.69, 9.17) is 4.74 Å². The van der Waals surface area contributed by atoms with E-state index in [-0.39, 0.29) is 10.7 Å². The van der Waals surface area contributed by atoms with Gasteiger partial charge in [0, 0.05) is 12.6 Å². The molecule has 0 radical (unpaired) electrons. The molecule has 0 aromatic heterocycles. The summed E-state index contributed by atoms with van der Waals surface area (Å²) >= 11 is 0. The highest BCUT2D eigenvalue weighted by molar-refractivity contribution is 7.89. The molecule has 0 amide bonds. The van der Waals surface area contributed by atoms with Crippen molar-refractivity contribution in [3.63, 3.8) is 0 Å². The molecule has 0 unspecified atom stereocenters. The summed E-state index contributed by atoms with van der Waals surface area (Å²) in [7, 11) is -2.53. The SMILES string of the molecule is Cc1ccc(S(=O)(=O)N(C)CC(=O)OCC(=O)c2ccc3ccccc3c2)cc1. The van der Waals surface area contributed by atoms with Gasteiger partial charge in [-0.15, -0.1) is 0 Å². The number of fused-ring (bicyclic) bond motifs is 1. The number of sulfonamides is 1. The number of hydrogen-bond donors (Lipinski definition) is 0. The highest BCUT2D eigenvalue weighted by Crippen LogP contribution is 2.17. The fraction of sp³-hybridized carbons (Fsp3) is 0.182. The molecule has 0 saturated carbocycles. The normalized spacial score (nSPS) is 11.6. The van der Waals surface area contributed by atoms with Crippen molar-refractivity contribution in [3.8, 4) is 0 Å². The number of hydrogen-bond acceptors (Lipinski definition) is 5. The molecular formula is C22H21NO5S. The summed E-state index contributed by atoms with van der Waals surface area (Å²) in [5.41, 5.74) is 1.36. The van der Waals surface area contributed by atoms with Gasteiger partial charge in [0.15, 0.2) is 12.4 Å². The van der Waals surface area contributed by atoms with Crippen LogP contribution < -0.4 is 0 Å². The van der Waals surface area contributed by atoms with Crippen LogP contribution in [0.1, 0.15) is 15.9 Å². The number of benzene rings is 3. The Kier molecular flexibility index (Phi) is 6.10. The summed E-state index contributed by atoms with van der Waals surface area (Å²) in [6.07, 6.45) is 0. The maximum absolute atomic E-state index is 12.5. The van der Waals surface area contributed by atoms with Crippen LogP contribution in [0.3, 0.4) is 0 Å². The van der Waals surface area contributed by atoms with Crippen molar-refractivity contribution in [1.82, 2.24) is 4.31 Å². The number of ketones is 1. The number of nitrogens with zero attached hydrogens (tertiary/aromatic N) is 1. The lowest BCUT2D eigenvalue weighted by molar-refractivity contribution is -0.142. The predicted molar refractivity (Wildman–Crippen MR) is 110 cm³/mol. The maximum atomic E-state index is 12.5. The molecule has 6 nitrogen and oxygen atoms in total. The number of esters is 1. The summed E-state index contributed by atoms with van der Waals surface area (Å²) in [6.45, 7) is 0.917. The van der Waals surface area contributed by atoms with Gasteiger partial charge in [-0.05, 0) is 35.9 Å². The summed E-state index contributed by atoms with van der Waals surface area (Å²) < 4.78 is 30.9. The van der Waals surface area contributed by atoms with Crippen LogP contribution in [-0.4, -0.2) is 44.7 Å². The minimum Gasteiger partial charge on any atom is -0.456 e. The lowest BCUT2D eigenvalue weighted by atomic mass is 10.0. The minimum atomic E-state index is -3.82. The molecule has 0 fully saturated rings. The summed E-state index contributed by atoms with van der Waals surface area (Å²) in [6, 6.07) is 19.2. The standard InChI is InChI=1S/C22H21NO5S/c1-16-7-11-20(12-8-16)29(26,27)23(2)14-22(25)28-15-21(24)19-10-9-17-5-3-4-6-18(17)13-19/h3-13H,14-15H2,1-2H3.